The van der Waals surface area contributed by atoms with Gasteiger partial charge in [-0.2, -0.15) is 4.39 Å². The number of hydrogen-bond donors (Lipinski definition) is 0. The van der Waals surface area contributed by atoms with E-state index in [-0.39, 0.29) is 23.7 Å². The summed E-state index contributed by atoms with van der Waals surface area (Å²) in [5.41, 5.74) is 1.96. The largest absolute Gasteiger partial charge is 0.490 e. The summed E-state index contributed by atoms with van der Waals surface area (Å²) in [7, 11) is 0. The Kier molecular flexibility index (Phi) is 6.81. The molecule has 0 fully saturated rings. The van der Waals surface area contributed by atoms with Crippen molar-refractivity contribution in [3.8, 4) is 22.6 Å². The van der Waals surface area contributed by atoms with Crippen LogP contribution in [0.3, 0.4) is 0 Å². The molecule has 2 nitrogen and oxygen atoms in total. The molecule has 3 aromatic rings. The second-order valence-electron chi connectivity index (χ2n) is 6.84. The maximum absolute atomic E-state index is 14.5. The Bertz CT molecular complexity index is 969. The molecule has 0 aromatic heterocycles. The van der Waals surface area contributed by atoms with Gasteiger partial charge in [-0.25, -0.2) is 8.78 Å². The number of halogens is 3. The van der Waals surface area contributed by atoms with Crippen molar-refractivity contribution in [3.63, 3.8) is 0 Å². The van der Waals surface area contributed by atoms with Crippen molar-refractivity contribution in [3.05, 3.63) is 83.2 Å². The van der Waals surface area contributed by atoms with Crippen LogP contribution < -0.4 is 9.47 Å². The first-order chi connectivity index (χ1) is 14.0. The minimum atomic E-state index is -0.986. The summed E-state index contributed by atoms with van der Waals surface area (Å²) in [6.07, 6.45) is 1.69. The molecule has 0 N–H and O–H groups in total. The normalized spacial score (nSPS) is 10.8. The predicted octanol–water partition coefficient (Wildman–Crippen LogP) is 6.84. The van der Waals surface area contributed by atoms with Crippen LogP contribution in [0.15, 0.2) is 54.6 Å². The van der Waals surface area contributed by atoms with Crippen LogP contribution in [0.25, 0.3) is 11.1 Å². The molecule has 0 amide bonds. The molecule has 0 heterocycles. The van der Waals surface area contributed by atoms with Crippen molar-refractivity contribution in [2.24, 2.45) is 0 Å². The summed E-state index contributed by atoms with van der Waals surface area (Å²) in [5, 5.41) is 0. The van der Waals surface area contributed by atoms with Crippen molar-refractivity contribution in [1.82, 2.24) is 0 Å². The lowest BCUT2D eigenvalue weighted by molar-refractivity contribution is 0.289. The standard InChI is InChI=1S/C24H23F3O2/c1-3-4-13-28-22-12-11-20(23(26)24(22)27)18-7-9-19(10-8-18)29-15-17-6-5-16(2)21(25)14-17/h5-12,14H,3-4,13,15H2,1-2H3. The first-order valence-electron chi connectivity index (χ1n) is 9.58. The molecule has 0 aliphatic heterocycles. The molecule has 3 aromatic carbocycles. The smallest absolute Gasteiger partial charge is 0.201 e. The molecule has 0 aliphatic carbocycles. The number of hydrogen-bond acceptors (Lipinski definition) is 2. The Morgan fingerprint density at radius 1 is 0.828 bits per heavy atom. The van der Waals surface area contributed by atoms with Crippen molar-refractivity contribution < 1.29 is 22.6 Å². The summed E-state index contributed by atoms with van der Waals surface area (Å²) < 4.78 is 53.3. The van der Waals surface area contributed by atoms with Crippen LogP contribution in [0, 0.1) is 24.4 Å². The molecule has 0 unspecified atom stereocenters. The third-order valence-electron chi connectivity index (χ3n) is 4.61. The highest BCUT2D eigenvalue weighted by Gasteiger charge is 2.16. The zero-order chi connectivity index (χ0) is 20.8. The highest BCUT2D eigenvalue weighted by molar-refractivity contribution is 5.66. The maximum Gasteiger partial charge on any atom is 0.201 e. The molecule has 152 valence electrons. The van der Waals surface area contributed by atoms with Gasteiger partial charge < -0.3 is 9.47 Å². The lowest BCUT2D eigenvalue weighted by Crippen LogP contribution is -2.01. The van der Waals surface area contributed by atoms with Crippen molar-refractivity contribution in [2.45, 2.75) is 33.3 Å². The van der Waals surface area contributed by atoms with E-state index in [0.717, 1.165) is 12.8 Å². The maximum atomic E-state index is 14.5. The van der Waals surface area contributed by atoms with E-state index >= 15 is 0 Å². The minimum Gasteiger partial charge on any atom is -0.490 e. The van der Waals surface area contributed by atoms with Crippen LogP contribution in [0.4, 0.5) is 13.2 Å². The highest BCUT2D eigenvalue weighted by atomic mass is 19.2. The average molecular weight is 400 g/mol. The number of unbranched alkanes of at least 4 members (excludes halogenated alkanes) is 1. The van der Waals surface area contributed by atoms with Gasteiger partial charge in [-0.1, -0.05) is 37.6 Å². The van der Waals surface area contributed by atoms with E-state index < -0.39 is 11.6 Å². The van der Waals surface area contributed by atoms with E-state index in [2.05, 4.69) is 0 Å². The highest BCUT2D eigenvalue weighted by Crippen LogP contribution is 2.31. The monoisotopic (exact) mass is 400 g/mol. The summed E-state index contributed by atoms with van der Waals surface area (Å²) in [4.78, 5) is 0. The fourth-order valence-electron chi connectivity index (χ4n) is 2.82. The van der Waals surface area contributed by atoms with Gasteiger partial charge in [0.25, 0.3) is 0 Å². The lowest BCUT2D eigenvalue weighted by atomic mass is 10.0. The van der Waals surface area contributed by atoms with Gasteiger partial charge in [-0.3, -0.25) is 0 Å². The van der Waals surface area contributed by atoms with Gasteiger partial charge >= 0.3 is 0 Å². The zero-order valence-electron chi connectivity index (χ0n) is 16.5. The number of ether oxygens (including phenoxy) is 2. The van der Waals surface area contributed by atoms with E-state index in [1.54, 1.807) is 43.3 Å². The Balaban J connectivity index is 1.69. The summed E-state index contributed by atoms with van der Waals surface area (Å²) in [6.45, 7) is 4.26. The molecule has 0 bridgehead atoms. The molecule has 0 saturated carbocycles. The van der Waals surface area contributed by atoms with Gasteiger partial charge in [0.2, 0.25) is 5.82 Å². The summed E-state index contributed by atoms with van der Waals surface area (Å²) in [6, 6.07) is 14.5. The van der Waals surface area contributed by atoms with Gasteiger partial charge in [-0.15, -0.1) is 0 Å². The van der Waals surface area contributed by atoms with Crippen LogP contribution in [-0.2, 0) is 6.61 Å². The fraction of sp³-hybridized carbons (Fsp3) is 0.250. The molecule has 0 spiro atoms. The molecular weight excluding hydrogens is 377 g/mol. The quantitative estimate of drug-likeness (QED) is 0.386. The van der Waals surface area contributed by atoms with Gasteiger partial charge in [0.05, 0.1) is 6.61 Å². The number of aryl methyl sites for hydroxylation is 1. The molecule has 29 heavy (non-hydrogen) atoms. The van der Waals surface area contributed by atoms with Crippen LogP contribution in [-0.4, -0.2) is 6.61 Å². The van der Waals surface area contributed by atoms with Gasteiger partial charge in [0.1, 0.15) is 18.2 Å². The van der Waals surface area contributed by atoms with Crippen LogP contribution in [0.2, 0.25) is 0 Å². The van der Waals surface area contributed by atoms with Crippen LogP contribution in [0.1, 0.15) is 30.9 Å². The molecular formula is C24H23F3O2. The summed E-state index contributed by atoms with van der Waals surface area (Å²) in [5.74, 6) is -1.73. The topological polar surface area (TPSA) is 18.5 Å². The lowest BCUT2D eigenvalue weighted by Gasteiger charge is -2.11. The van der Waals surface area contributed by atoms with Crippen molar-refractivity contribution >= 4 is 0 Å². The second kappa shape index (κ2) is 9.50. The molecule has 5 heteroatoms. The summed E-state index contributed by atoms with van der Waals surface area (Å²) >= 11 is 0. The molecule has 0 saturated heterocycles. The van der Waals surface area contributed by atoms with Crippen LogP contribution >= 0.6 is 0 Å². The van der Waals surface area contributed by atoms with Gasteiger partial charge in [0, 0.05) is 5.56 Å². The Labute approximate surface area is 168 Å². The Hall–Kier alpha value is -2.95. The molecule has 0 aliphatic rings. The average Bonchev–Trinajstić information content (AvgIpc) is 2.73. The van der Waals surface area contributed by atoms with E-state index in [1.807, 2.05) is 6.92 Å². The first kappa shape index (κ1) is 20.8. The van der Waals surface area contributed by atoms with Gasteiger partial charge in [0.15, 0.2) is 11.6 Å². The van der Waals surface area contributed by atoms with Crippen molar-refractivity contribution in [1.29, 1.82) is 0 Å². The third-order valence-corrected chi connectivity index (χ3v) is 4.61. The van der Waals surface area contributed by atoms with E-state index in [9.17, 15) is 13.2 Å². The second-order valence-corrected chi connectivity index (χ2v) is 6.84. The molecule has 0 radical (unpaired) electrons. The SMILES string of the molecule is CCCCOc1ccc(-c2ccc(OCc3ccc(C)c(F)c3)cc2)c(F)c1F. The molecule has 3 rings (SSSR count). The van der Waals surface area contributed by atoms with Crippen molar-refractivity contribution in [2.75, 3.05) is 6.61 Å². The Morgan fingerprint density at radius 2 is 1.59 bits per heavy atom. The number of benzene rings is 3. The predicted molar refractivity (Wildman–Crippen MR) is 108 cm³/mol. The Morgan fingerprint density at radius 3 is 2.28 bits per heavy atom. The fourth-order valence-corrected chi connectivity index (χ4v) is 2.82. The van der Waals surface area contributed by atoms with E-state index in [1.165, 1.54) is 18.2 Å². The zero-order valence-corrected chi connectivity index (χ0v) is 16.5. The number of rotatable bonds is 8. The molecule has 0 atom stereocenters. The first-order valence-corrected chi connectivity index (χ1v) is 9.58. The minimum absolute atomic E-state index is 0.0787. The van der Waals surface area contributed by atoms with E-state index in [0.29, 0.717) is 29.0 Å². The van der Waals surface area contributed by atoms with Crippen LogP contribution in [0.5, 0.6) is 11.5 Å². The third kappa shape index (κ3) is 5.11. The van der Waals surface area contributed by atoms with E-state index in [4.69, 9.17) is 9.47 Å². The van der Waals surface area contributed by atoms with Gasteiger partial charge in [-0.05, 0) is 60.4 Å².